The van der Waals surface area contributed by atoms with Crippen LogP contribution >= 0.6 is 23.2 Å². The lowest BCUT2D eigenvalue weighted by atomic mass is 9.74. The van der Waals surface area contributed by atoms with Gasteiger partial charge in [0.25, 0.3) is 0 Å². The lowest BCUT2D eigenvalue weighted by Crippen LogP contribution is -2.37. The van der Waals surface area contributed by atoms with Gasteiger partial charge in [0.15, 0.2) is 0 Å². The fourth-order valence-electron chi connectivity index (χ4n) is 3.00. The average molecular weight is 287 g/mol. The first-order valence-corrected chi connectivity index (χ1v) is 7.45. The Bertz CT molecular complexity index is 399. The van der Waals surface area contributed by atoms with E-state index >= 15 is 0 Å². The predicted molar refractivity (Wildman–Crippen MR) is 77.4 cm³/mol. The first kappa shape index (κ1) is 14.2. The summed E-state index contributed by atoms with van der Waals surface area (Å²) >= 11 is 12.4. The van der Waals surface area contributed by atoms with Crippen LogP contribution in [-0.2, 0) is 6.42 Å². The Morgan fingerprint density at radius 2 is 2.00 bits per heavy atom. The summed E-state index contributed by atoms with van der Waals surface area (Å²) in [4.78, 5) is 0. The molecule has 0 spiro atoms. The van der Waals surface area contributed by atoms with E-state index in [0.717, 1.165) is 31.2 Å². The second-order valence-corrected chi connectivity index (χ2v) is 6.29. The topological polar surface area (TPSA) is 20.2 Å². The number of rotatable bonds is 3. The molecule has 1 nitrogen and oxygen atoms in total. The van der Waals surface area contributed by atoms with E-state index < -0.39 is 5.60 Å². The van der Waals surface area contributed by atoms with Crippen LogP contribution in [0.1, 0.15) is 44.6 Å². The molecule has 1 saturated carbocycles. The van der Waals surface area contributed by atoms with Crippen molar-refractivity contribution in [3.05, 3.63) is 33.8 Å². The molecule has 0 bridgehead atoms. The van der Waals surface area contributed by atoms with Gasteiger partial charge in [-0.2, -0.15) is 0 Å². The monoisotopic (exact) mass is 286 g/mol. The molecule has 1 aromatic rings. The summed E-state index contributed by atoms with van der Waals surface area (Å²) < 4.78 is 0. The Morgan fingerprint density at radius 3 is 2.61 bits per heavy atom. The molecule has 1 fully saturated rings. The third-order valence-electron chi connectivity index (χ3n) is 4.07. The van der Waals surface area contributed by atoms with Crippen LogP contribution in [-0.4, -0.2) is 10.7 Å². The van der Waals surface area contributed by atoms with E-state index in [1.807, 2.05) is 18.2 Å². The van der Waals surface area contributed by atoms with E-state index in [0.29, 0.717) is 22.4 Å². The van der Waals surface area contributed by atoms with Crippen molar-refractivity contribution in [2.75, 3.05) is 0 Å². The van der Waals surface area contributed by atoms with Gasteiger partial charge in [0.2, 0.25) is 0 Å². The van der Waals surface area contributed by atoms with Crippen molar-refractivity contribution in [2.24, 2.45) is 5.92 Å². The maximum atomic E-state index is 10.8. The Hall–Kier alpha value is -0.240. The maximum Gasteiger partial charge on any atom is 0.0691 e. The summed E-state index contributed by atoms with van der Waals surface area (Å²) in [5, 5.41) is 12.1. The van der Waals surface area contributed by atoms with E-state index in [2.05, 4.69) is 6.92 Å². The third kappa shape index (κ3) is 3.20. The minimum atomic E-state index is -0.631. The van der Waals surface area contributed by atoms with Crippen molar-refractivity contribution < 1.29 is 5.11 Å². The lowest BCUT2D eigenvalue weighted by Gasteiger charge is -2.37. The molecule has 0 aliphatic heterocycles. The number of halogens is 2. The van der Waals surface area contributed by atoms with Gasteiger partial charge in [-0.3, -0.25) is 0 Å². The Morgan fingerprint density at radius 1 is 1.33 bits per heavy atom. The number of hydrogen-bond acceptors (Lipinski definition) is 1. The zero-order chi connectivity index (χ0) is 13.2. The molecule has 3 heteroatoms. The van der Waals surface area contributed by atoms with Gasteiger partial charge < -0.3 is 5.11 Å². The quantitative estimate of drug-likeness (QED) is 0.841. The maximum absolute atomic E-state index is 10.8. The van der Waals surface area contributed by atoms with Crippen LogP contribution in [0.5, 0.6) is 0 Å². The third-order valence-corrected chi connectivity index (χ3v) is 4.78. The lowest BCUT2D eigenvalue weighted by molar-refractivity contribution is -0.0161. The summed E-state index contributed by atoms with van der Waals surface area (Å²) in [5.74, 6) is 0.630. The SMILES string of the molecule is CCC1CCCC(O)(Cc2c(Cl)cccc2Cl)C1. The largest absolute Gasteiger partial charge is 0.390 e. The van der Waals surface area contributed by atoms with Gasteiger partial charge in [-0.05, 0) is 36.5 Å². The normalized spacial score (nSPS) is 28.3. The van der Waals surface area contributed by atoms with Crippen LogP contribution < -0.4 is 0 Å². The van der Waals surface area contributed by atoms with E-state index in [1.54, 1.807) is 0 Å². The van der Waals surface area contributed by atoms with Crippen LogP contribution in [0.15, 0.2) is 18.2 Å². The highest BCUT2D eigenvalue weighted by Gasteiger charge is 2.34. The van der Waals surface area contributed by atoms with Crippen LogP contribution in [0.2, 0.25) is 10.0 Å². The Balaban J connectivity index is 2.17. The highest BCUT2D eigenvalue weighted by atomic mass is 35.5. The second kappa shape index (κ2) is 5.81. The van der Waals surface area contributed by atoms with Gasteiger partial charge in [0, 0.05) is 16.5 Å². The molecule has 100 valence electrons. The van der Waals surface area contributed by atoms with E-state index in [1.165, 1.54) is 6.42 Å². The summed E-state index contributed by atoms with van der Waals surface area (Å²) in [6.45, 7) is 2.19. The van der Waals surface area contributed by atoms with Crippen LogP contribution in [0.3, 0.4) is 0 Å². The summed E-state index contributed by atoms with van der Waals surface area (Å²) in [5.41, 5.74) is 0.258. The molecule has 1 aromatic carbocycles. The standard InChI is InChI=1S/C15H20Cl2O/c1-2-11-5-4-8-15(18,9-11)10-12-13(16)6-3-7-14(12)17/h3,6-7,11,18H,2,4-5,8-10H2,1H3. The predicted octanol–water partition coefficient (Wildman–Crippen LogP) is 4.87. The molecule has 0 heterocycles. The van der Waals surface area contributed by atoms with Crippen molar-refractivity contribution in [2.45, 2.75) is 51.0 Å². The number of benzene rings is 1. The van der Waals surface area contributed by atoms with Crippen LogP contribution in [0.4, 0.5) is 0 Å². The zero-order valence-electron chi connectivity index (χ0n) is 10.8. The van der Waals surface area contributed by atoms with Gasteiger partial charge in [-0.1, -0.05) is 55.5 Å². The van der Waals surface area contributed by atoms with Crippen molar-refractivity contribution in [1.82, 2.24) is 0 Å². The minimum Gasteiger partial charge on any atom is -0.390 e. The smallest absolute Gasteiger partial charge is 0.0691 e. The molecule has 2 atom stereocenters. The van der Waals surface area contributed by atoms with Gasteiger partial charge in [0.1, 0.15) is 0 Å². The molecular weight excluding hydrogens is 267 g/mol. The first-order chi connectivity index (χ1) is 8.54. The van der Waals surface area contributed by atoms with Crippen molar-refractivity contribution in [3.63, 3.8) is 0 Å². The molecule has 1 N–H and O–H groups in total. The van der Waals surface area contributed by atoms with Crippen LogP contribution in [0, 0.1) is 5.92 Å². The van der Waals surface area contributed by atoms with E-state index in [-0.39, 0.29) is 0 Å². The Kier molecular flexibility index (Phi) is 4.58. The highest BCUT2D eigenvalue weighted by molar-refractivity contribution is 6.36. The summed E-state index contributed by atoms with van der Waals surface area (Å²) in [7, 11) is 0. The molecule has 1 aliphatic rings. The minimum absolute atomic E-state index is 0.571. The fourth-order valence-corrected chi connectivity index (χ4v) is 3.53. The van der Waals surface area contributed by atoms with E-state index in [4.69, 9.17) is 23.2 Å². The average Bonchev–Trinajstić information content (AvgIpc) is 2.34. The molecule has 2 rings (SSSR count). The molecule has 0 amide bonds. The second-order valence-electron chi connectivity index (χ2n) is 5.47. The first-order valence-electron chi connectivity index (χ1n) is 6.69. The molecule has 1 aliphatic carbocycles. The molecule has 0 saturated heterocycles. The van der Waals surface area contributed by atoms with Gasteiger partial charge in [-0.15, -0.1) is 0 Å². The summed E-state index contributed by atoms with van der Waals surface area (Å²) in [6.07, 6.45) is 5.75. The van der Waals surface area contributed by atoms with Gasteiger partial charge in [0.05, 0.1) is 5.60 Å². The molecule has 18 heavy (non-hydrogen) atoms. The van der Waals surface area contributed by atoms with Crippen molar-refractivity contribution in [1.29, 1.82) is 0 Å². The summed E-state index contributed by atoms with van der Waals surface area (Å²) in [6, 6.07) is 5.52. The van der Waals surface area contributed by atoms with Gasteiger partial charge >= 0.3 is 0 Å². The zero-order valence-corrected chi connectivity index (χ0v) is 12.3. The fraction of sp³-hybridized carbons (Fsp3) is 0.600. The van der Waals surface area contributed by atoms with Crippen molar-refractivity contribution >= 4 is 23.2 Å². The Labute approximate surface area is 119 Å². The number of aliphatic hydroxyl groups is 1. The van der Waals surface area contributed by atoms with E-state index in [9.17, 15) is 5.11 Å². The highest BCUT2D eigenvalue weighted by Crippen LogP contribution is 2.38. The number of hydrogen-bond donors (Lipinski definition) is 1. The molecular formula is C15H20Cl2O. The molecule has 2 unspecified atom stereocenters. The van der Waals surface area contributed by atoms with Gasteiger partial charge in [-0.25, -0.2) is 0 Å². The molecule has 0 radical (unpaired) electrons. The van der Waals surface area contributed by atoms with Crippen LogP contribution in [0.25, 0.3) is 0 Å². The molecule has 0 aromatic heterocycles. The van der Waals surface area contributed by atoms with Crippen molar-refractivity contribution in [3.8, 4) is 0 Å².